The summed E-state index contributed by atoms with van der Waals surface area (Å²) < 4.78 is 52.5. The number of halogens is 4. The highest BCUT2D eigenvalue weighted by atomic mass is 19.4. The van der Waals surface area contributed by atoms with Gasteiger partial charge in [-0.05, 0) is 13.0 Å². The summed E-state index contributed by atoms with van der Waals surface area (Å²) in [7, 11) is 0. The maximum absolute atomic E-state index is 12.7. The van der Waals surface area contributed by atoms with Gasteiger partial charge >= 0.3 is 18.2 Å². The lowest BCUT2D eigenvalue weighted by Crippen LogP contribution is -2.30. The Morgan fingerprint density at radius 2 is 1.65 bits per heavy atom. The number of aryl methyl sites for hydroxylation is 1. The predicted molar refractivity (Wildman–Crippen MR) is 56.1 cm³/mol. The van der Waals surface area contributed by atoms with Crippen LogP contribution in [0.15, 0.2) is 12.1 Å². The molecule has 0 heterocycles. The maximum atomic E-state index is 12.7. The third-order valence-corrected chi connectivity index (χ3v) is 2.16. The molecule has 110 valence electrons. The topological polar surface area (TPSA) is 95.5 Å². The van der Waals surface area contributed by atoms with E-state index in [9.17, 15) is 37.8 Å². The summed E-state index contributed by atoms with van der Waals surface area (Å²) in [5.74, 6) is -1.04. The van der Waals surface area contributed by atoms with Gasteiger partial charge in [-0.2, -0.15) is 17.6 Å². The van der Waals surface area contributed by atoms with E-state index in [0.717, 1.165) is 6.92 Å². The Labute approximate surface area is 108 Å². The Balaban J connectivity index is 3.29. The van der Waals surface area contributed by atoms with Crippen molar-refractivity contribution in [2.45, 2.75) is 19.5 Å². The van der Waals surface area contributed by atoms with Gasteiger partial charge in [0.1, 0.15) is 0 Å². The molecule has 0 amide bonds. The zero-order valence-corrected chi connectivity index (χ0v) is 9.68. The van der Waals surface area contributed by atoms with Crippen molar-refractivity contribution in [1.29, 1.82) is 0 Å². The summed E-state index contributed by atoms with van der Waals surface area (Å²) in [6, 6.07) is 1.02. The summed E-state index contributed by atoms with van der Waals surface area (Å²) in [6.45, 7) is 1.12. The molecule has 11 heteroatoms. The van der Waals surface area contributed by atoms with Crippen LogP contribution in [-0.2, 0) is 0 Å². The number of rotatable bonds is 4. The van der Waals surface area contributed by atoms with Gasteiger partial charge in [-0.3, -0.25) is 20.2 Å². The average Bonchev–Trinajstić information content (AvgIpc) is 2.26. The molecule has 0 N–H and O–H groups in total. The Morgan fingerprint density at radius 1 is 1.15 bits per heavy atom. The Morgan fingerprint density at radius 3 is 2.05 bits per heavy atom. The van der Waals surface area contributed by atoms with Gasteiger partial charge in [0.2, 0.25) is 5.75 Å². The monoisotopic (exact) mass is 298 g/mol. The SMILES string of the molecule is Cc1cc(OC(F)C(F)(F)F)c([N+](=O)[O-])cc1[N+](=O)[O-]. The normalized spacial score (nSPS) is 12.8. The molecule has 0 aliphatic heterocycles. The van der Waals surface area contributed by atoms with Crippen molar-refractivity contribution in [3.8, 4) is 5.75 Å². The zero-order valence-electron chi connectivity index (χ0n) is 9.68. The highest BCUT2D eigenvalue weighted by Crippen LogP contribution is 2.36. The van der Waals surface area contributed by atoms with Crippen LogP contribution in [0, 0.1) is 27.2 Å². The largest absolute Gasteiger partial charge is 0.457 e. The summed E-state index contributed by atoms with van der Waals surface area (Å²) in [5.41, 5.74) is -2.02. The molecule has 20 heavy (non-hydrogen) atoms. The number of nitrogens with zero attached hydrogens (tertiary/aromatic N) is 2. The lowest BCUT2D eigenvalue weighted by molar-refractivity contribution is -0.395. The first-order valence-corrected chi connectivity index (χ1v) is 4.85. The standard InChI is InChI=1S/C9H6F4N2O5/c1-4-2-7(20-8(10)9(11,12)13)6(15(18)19)3-5(4)14(16)17/h2-3,8H,1H3. The minimum absolute atomic E-state index is 0.204. The minimum Gasteiger partial charge on any atom is -0.445 e. The number of nitro groups is 2. The molecular formula is C9H6F4N2O5. The van der Waals surface area contributed by atoms with Crippen LogP contribution in [0.1, 0.15) is 5.56 Å². The van der Waals surface area contributed by atoms with Gasteiger partial charge < -0.3 is 4.74 Å². The van der Waals surface area contributed by atoms with Crippen LogP contribution in [0.2, 0.25) is 0 Å². The lowest BCUT2D eigenvalue weighted by atomic mass is 10.1. The number of nitro benzene ring substituents is 2. The van der Waals surface area contributed by atoms with Crippen molar-refractivity contribution in [2.75, 3.05) is 0 Å². The van der Waals surface area contributed by atoms with E-state index in [1.54, 1.807) is 0 Å². The molecule has 7 nitrogen and oxygen atoms in total. The molecule has 1 aromatic rings. The summed E-state index contributed by atoms with van der Waals surface area (Å²) >= 11 is 0. The van der Waals surface area contributed by atoms with Crippen LogP contribution in [0.5, 0.6) is 5.75 Å². The van der Waals surface area contributed by atoms with Crippen molar-refractivity contribution in [2.24, 2.45) is 0 Å². The molecule has 0 aliphatic rings. The third-order valence-electron chi connectivity index (χ3n) is 2.16. The fraction of sp³-hybridized carbons (Fsp3) is 0.333. The van der Waals surface area contributed by atoms with E-state index < -0.39 is 39.5 Å². The second-order valence-electron chi connectivity index (χ2n) is 3.60. The van der Waals surface area contributed by atoms with Crippen molar-refractivity contribution in [3.05, 3.63) is 37.9 Å². The minimum atomic E-state index is -5.37. The van der Waals surface area contributed by atoms with Crippen molar-refractivity contribution < 1.29 is 32.1 Å². The number of benzene rings is 1. The fourth-order valence-electron chi connectivity index (χ4n) is 1.27. The van der Waals surface area contributed by atoms with E-state index in [2.05, 4.69) is 4.74 Å². The molecular weight excluding hydrogens is 292 g/mol. The fourth-order valence-corrected chi connectivity index (χ4v) is 1.27. The molecule has 1 rings (SSSR count). The Bertz CT molecular complexity index is 560. The van der Waals surface area contributed by atoms with Gasteiger partial charge in [0.15, 0.2) is 0 Å². The molecule has 0 aliphatic carbocycles. The van der Waals surface area contributed by atoms with Crippen molar-refractivity contribution in [3.63, 3.8) is 0 Å². The molecule has 1 atom stereocenters. The number of hydrogen-bond donors (Lipinski definition) is 0. The summed E-state index contributed by atoms with van der Waals surface area (Å²) in [4.78, 5) is 19.1. The molecule has 0 saturated carbocycles. The lowest BCUT2D eigenvalue weighted by Gasteiger charge is -2.14. The van der Waals surface area contributed by atoms with Gasteiger partial charge in [-0.1, -0.05) is 0 Å². The van der Waals surface area contributed by atoms with Crippen LogP contribution in [-0.4, -0.2) is 22.4 Å². The van der Waals surface area contributed by atoms with Crippen LogP contribution in [0.3, 0.4) is 0 Å². The Kier molecular flexibility index (Phi) is 4.11. The van der Waals surface area contributed by atoms with Gasteiger partial charge in [0, 0.05) is 5.56 Å². The van der Waals surface area contributed by atoms with E-state index >= 15 is 0 Å². The van der Waals surface area contributed by atoms with Crippen LogP contribution in [0.25, 0.3) is 0 Å². The average molecular weight is 298 g/mol. The second-order valence-corrected chi connectivity index (χ2v) is 3.60. The molecule has 0 saturated heterocycles. The predicted octanol–water partition coefficient (Wildman–Crippen LogP) is 3.05. The van der Waals surface area contributed by atoms with Crippen LogP contribution in [0.4, 0.5) is 28.9 Å². The smallest absolute Gasteiger partial charge is 0.445 e. The van der Waals surface area contributed by atoms with E-state index in [-0.39, 0.29) is 5.56 Å². The van der Waals surface area contributed by atoms with E-state index in [1.165, 1.54) is 0 Å². The van der Waals surface area contributed by atoms with E-state index in [0.29, 0.717) is 12.1 Å². The second kappa shape index (κ2) is 5.27. The molecule has 0 bridgehead atoms. The summed E-state index contributed by atoms with van der Waals surface area (Å²) in [5, 5.41) is 21.2. The first-order valence-electron chi connectivity index (χ1n) is 4.85. The molecule has 0 fully saturated rings. The summed E-state index contributed by atoms with van der Waals surface area (Å²) in [6.07, 6.45) is -9.15. The maximum Gasteiger partial charge on any atom is 0.457 e. The van der Waals surface area contributed by atoms with Gasteiger partial charge in [0.25, 0.3) is 5.69 Å². The van der Waals surface area contributed by atoms with Crippen molar-refractivity contribution >= 4 is 11.4 Å². The van der Waals surface area contributed by atoms with Gasteiger partial charge in [-0.15, -0.1) is 0 Å². The third kappa shape index (κ3) is 3.30. The molecule has 0 aromatic heterocycles. The number of alkyl halides is 4. The van der Waals surface area contributed by atoms with E-state index in [1.807, 2.05) is 0 Å². The number of ether oxygens (including phenoxy) is 1. The van der Waals surface area contributed by atoms with Gasteiger partial charge in [0.05, 0.1) is 15.9 Å². The first kappa shape index (κ1) is 15.6. The highest BCUT2D eigenvalue weighted by Gasteiger charge is 2.43. The zero-order chi connectivity index (χ0) is 15.7. The molecule has 1 aromatic carbocycles. The van der Waals surface area contributed by atoms with Crippen LogP contribution >= 0.6 is 0 Å². The highest BCUT2D eigenvalue weighted by molar-refractivity contribution is 5.57. The number of hydrogen-bond acceptors (Lipinski definition) is 5. The van der Waals surface area contributed by atoms with E-state index in [4.69, 9.17) is 0 Å². The van der Waals surface area contributed by atoms with Crippen LogP contribution < -0.4 is 4.74 Å². The molecule has 0 spiro atoms. The molecule has 1 unspecified atom stereocenters. The quantitative estimate of drug-likeness (QED) is 0.483. The first-order chi connectivity index (χ1) is 9.04. The van der Waals surface area contributed by atoms with Crippen molar-refractivity contribution in [1.82, 2.24) is 0 Å². The molecule has 0 radical (unpaired) electrons. The Hall–Kier alpha value is -2.46. The van der Waals surface area contributed by atoms with Gasteiger partial charge in [-0.25, -0.2) is 0 Å².